The van der Waals surface area contributed by atoms with Crippen LogP contribution in [0.2, 0.25) is 19.6 Å². The maximum atomic E-state index is 6.23. The van der Waals surface area contributed by atoms with Crippen LogP contribution in [-0.4, -0.2) is 32.6 Å². The van der Waals surface area contributed by atoms with E-state index in [-0.39, 0.29) is 25.5 Å². The molecule has 0 aliphatic carbocycles. The monoisotopic (exact) mass is 982 g/mol. The van der Waals surface area contributed by atoms with E-state index < -0.39 is 8.07 Å². The Bertz CT molecular complexity index is 2920. The summed E-state index contributed by atoms with van der Waals surface area (Å²) < 4.78 is 8.43. The Hall–Kier alpha value is -5.53. The molecular weight excluding hydrogens is 931 g/mol. The molecule has 0 amide bonds. The summed E-state index contributed by atoms with van der Waals surface area (Å²) >= 11 is 0. The summed E-state index contributed by atoms with van der Waals surface area (Å²) in [6, 6.07) is 42.9. The molecule has 0 N–H and O–H groups in total. The molecule has 0 fully saturated rings. The van der Waals surface area contributed by atoms with Crippen LogP contribution in [0.4, 0.5) is 0 Å². The van der Waals surface area contributed by atoms with Crippen molar-refractivity contribution in [3.63, 3.8) is 0 Å². The van der Waals surface area contributed by atoms with Crippen LogP contribution in [0.3, 0.4) is 0 Å². The number of aromatic nitrogens is 5. The van der Waals surface area contributed by atoms with Crippen LogP contribution < -0.4 is 5.19 Å². The number of imidazole rings is 1. The van der Waals surface area contributed by atoms with Gasteiger partial charge < -0.3 is 19.0 Å². The molecule has 0 saturated carbocycles. The van der Waals surface area contributed by atoms with Crippen LogP contribution in [0.25, 0.3) is 72.6 Å². The van der Waals surface area contributed by atoms with Gasteiger partial charge in [0.1, 0.15) is 11.3 Å². The Kier molecular flexibility index (Phi) is 12.2. The molecule has 305 valence electrons. The second-order valence-corrected chi connectivity index (χ2v) is 22.9. The van der Waals surface area contributed by atoms with Gasteiger partial charge in [0.05, 0.1) is 30.6 Å². The number of rotatable bonds is 7. The normalized spacial score (nSPS) is 11.8. The Morgan fingerprint density at radius 2 is 1.55 bits per heavy atom. The van der Waals surface area contributed by atoms with Gasteiger partial charge in [-0.2, -0.15) is 0 Å². The molecule has 8 heteroatoms. The molecule has 6 nitrogen and oxygen atoms in total. The van der Waals surface area contributed by atoms with Gasteiger partial charge in [0.2, 0.25) is 0 Å². The minimum absolute atomic E-state index is 0. The van der Waals surface area contributed by atoms with Crippen molar-refractivity contribution in [3.05, 3.63) is 157 Å². The Morgan fingerprint density at radius 1 is 0.800 bits per heavy atom. The third-order valence-corrected chi connectivity index (χ3v) is 12.8. The van der Waals surface area contributed by atoms with Gasteiger partial charge >= 0.3 is 0 Å². The fourth-order valence-corrected chi connectivity index (χ4v) is 9.48. The third-order valence-electron chi connectivity index (χ3n) is 10.7. The summed E-state index contributed by atoms with van der Waals surface area (Å²) in [7, 11) is -1.37. The second kappa shape index (κ2) is 17.2. The molecule has 0 bridgehead atoms. The molecule has 0 spiro atoms. The van der Waals surface area contributed by atoms with Crippen molar-refractivity contribution in [2.24, 2.45) is 5.41 Å². The number of hydrogen-bond donors (Lipinski definition) is 0. The van der Waals surface area contributed by atoms with Gasteiger partial charge in [0.15, 0.2) is 0 Å². The smallest absolute Gasteiger partial charge is 0.141 e. The minimum atomic E-state index is -1.37. The van der Waals surface area contributed by atoms with Crippen molar-refractivity contribution >= 4 is 46.4 Å². The van der Waals surface area contributed by atoms with Crippen LogP contribution in [0, 0.1) is 24.6 Å². The molecule has 0 saturated heterocycles. The van der Waals surface area contributed by atoms with Crippen LogP contribution in [-0.2, 0) is 26.5 Å². The minimum Gasteiger partial charge on any atom is -0.482 e. The van der Waals surface area contributed by atoms with Crippen molar-refractivity contribution in [2.75, 3.05) is 0 Å². The number of furan rings is 1. The number of benzene rings is 4. The molecule has 5 heterocycles. The van der Waals surface area contributed by atoms with Crippen molar-refractivity contribution in [3.8, 4) is 39.5 Å². The average molecular weight is 982 g/mol. The SMILES string of the molecule is CC(C)(C)Cc1cc(-c2[c-]cccc2)ncc1[Si](C)(C)C.Cc1nccc2c1nc(-c1[c-]nc3oc4c(C(C)C)cccc4c3c1)n2-c1ccccc1-c1ccccc1.[Ir]. The number of nitrogens with zero attached hydrogens (tertiary/aromatic N) is 5. The maximum Gasteiger partial charge on any atom is 0.141 e. The Balaban J connectivity index is 0.000000212. The number of aryl methyl sites for hydroxylation is 1. The van der Waals surface area contributed by atoms with Crippen molar-refractivity contribution in [1.29, 1.82) is 0 Å². The first-order valence-electron chi connectivity index (χ1n) is 20.5. The zero-order chi connectivity index (χ0) is 41.5. The summed E-state index contributed by atoms with van der Waals surface area (Å²) in [5.41, 5.74) is 13.3. The predicted octanol–water partition coefficient (Wildman–Crippen LogP) is 13.0. The van der Waals surface area contributed by atoms with Crippen molar-refractivity contribution in [1.82, 2.24) is 24.5 Å². The van der Waals surface area contributed by atoms with Gasteiger partial charge in [-0.1, -0.05) is 138 Å². The van der Waals surface area contributed by atoms with E-state index in [0.717, 1.165) is 79.0 Å². The van der Waals surface area contributed by atoms with E-state index in [0.29, 0.717) is 11.6 Å². The van der Waals surface area contributed by atoms with E-state index in [1.54, 1.807) is 0 Å². The molecule has 4 aromatic carbocycles. The fraction of sp³-hybridized carbons (Fsp3) is 0.231. The van der Waals surface area contributed by atoms with E-state index in [9.17, 15) is 0 Å². The molecule has 0 aliphatic heterocycles. The zero-order valence-electron chi connectivity index (χ0n) is 35.9. The van der Waals surface area contributed by atoms with Gasteiger partial charge in [-0.25, -0.2) is 0 Å². The summed E-state index contributed by atoms with van der Waals surface area (Å²) in [5.74, 6) is 1.11. The summed E-state index contributed by atoms with van der Waals surface area (Å²) in [6.45, 7) is 20.4. The first-order valence-corrected chi connectivity index (χ1v) is 24.0. The zero-order valence-corrected chi connectivity index (χ0v) is 39.3. The first-order chi connectivity index (χ1) is 28.3. The fourth-order valence-electron chi connectivity index (χ4n) is 7.91. The van der Waals surface area contributed by atoms with E-state index in [2.05, 4.69) is 172 Å². The first kappa shape index (κ1) is 42.6. The summed E-state index contributed by atoms with van der Waals surface area (Å²) in [5, 5.41) is 3.50. The van der Waals surface area contributed by atoms with Gasteiger partial charge in [-0.15, -0.1) is 42.0 Å². The standard InChI is InChI=1S/C33H25N4O.C19H26NSi.Ir/c1-20(2)24-13-9-14-26-27-18-23(19-35-33(27)38-31(24)26)32-36-30-21(3)34-17-16-29(30)37(32)28-15-8-7-12-25(28)22-10-5-4-6-11-22;1-19(2,3)13-16-12-17(15-10-8-7-9-11-15)20-14-18(16)21(4,5)6;/h4-18,20H,1-3H3;7-10,12,14H,13H2,1-6H3;/q2*-1;. The van der Waals surface area contributed by atoms with E-state index in [1.807, 2.05) is 43.5 Å². The number of pyridine rings is 3. The molecule has 0 atom stereocenters. The topological polar surface area (TPSA) is 69.6 Å². The van der Waals surface area contributed by atoms with Crippen molar-refractivity contribution in [2.45, 2.75) is 73.5 Å². The summed E-state index contributed by atoms with van der Waals surface area (Å²) in [4.78, 5) is 19.0. The van der Waals surface area contributed by atoms with Crippen LogP contribution in [0.5, 0.6) is 0 Å². The molecule has 0 aliphatic rings. The van der Waals surface area contributed by atoms with Gasteiger partial charge in [-0.05, 0) is 70.4 Å². The van der Waals surface area contributed by atoms with Crippen molar-refractivity contribution < 1.29 is 24.5 Å². The predicted molar refractivity (Wildman–Crippen MR) is 247 cm³/mol. The van der Waals surface area contributed by atoms with E-state index in [4.69, 9.17) is 14.4 Å². The number of fused-ring (bicyclic) bond motifs is 4. The molecule has 0 unspecified atom stereocenters. The number of hydrogen-bond acceptors (Lipinski definition) is 5. The number of para-hydroxylation sites is 2. The maximum absolute atomic E-state index is 6.23. The van der Waals surface area contributed by atoms with Crippen LogP contribution >= 0.6 is 0 Å². The molecular formula is C52H51IrN5OSi-2. The van der Waals surface area contributed by atoms with Gasteiger partial charge in [-0.3, -0.25) is 9.97 Å². The summed E-state index contributed by atoms with van der Waals surface area (Å²) in [6.07, 6.45) is 8.29. The molecule has 5 aromatic heterocycles. The average Bonchev–Trinajstić information content (AvgIpc) is 3.80. The quantitative estimate of drug-likeness (QED) is 0.118. The Labute approximate surface area is 368 Å². The van der Waals surface area contributed by atoms with Crippen LogP contribution in [0.1, 0.15) is 57.4 Å². The molecule has 60 heavy (non-hydrogen) atoms. The molecule has 9 aromatic rings. The van der Waals surface area contributed by atoms with Gasteiger partial charge in [0.25, 0.3) is 0 Å². The van der Waals surface area contributed by atoms with Crippen LogP contribution in [0.15, 0.2) is 132 Å². The second-order valence-electron chi connectivity index (χ2n) is 17.9. The Morgan fingerprint density at radius 3 is 2.27 bits per heavy atom. The molecule has 9 rings (SSSR count). The largest absolute Gasteiger partial charge is 0.482 e. The third kappa shape index (κ3) is 8.69. The van der Waals surface area contributed by atoms with E-state index in [1.165, 1.54) is 16.3 Å². The van der Waals surface area contributed by atoms with Gasteiger partial charge in [0, 0.05) is 49.1 Å². The van der Waals surface area contributed by atoms with E-state index >= 15 is 0 Å². The molecule has 1 radical (unpaired) electrons.